The lowest BCUT2D eigenvalue weighted by Gasteiger charge is -2.38. The van der Waals surface area contributed by atoms with E-state index in [0.29, 0.717) is 61.6 Å². The number of ether oxygens (including phenoxy) is 2. The fraction of sp³-hybridized carbons (Fsp3) is 0.520. The largest absolute Gasteiger partial charge is 0.491 e. The number of nitrogens with one attached hydrogen (secondary N) is 3. The molecule has 2 aliphatic heterocycles. The van der Waals surface area contributed by atoms with Crippen molar-refractivity contribution in [1.82, 2.24) is 29.3 Å². The number of rotatable bonds is 10. The van der Waals surface area contributed by atoms with Gasteiger partial charge in [0.05, 0.1) is 29.1 Å². The minimum Gasteiger partial charge on any atom is -0.491 e. The lowest BCUT2D eigenvalue weighted by molar-refractivity contribution is -0.0312. The van der Waals surface area contributed by atoms with E-state index in [1.165, 1.54) is 29.8 Å². The van der Waals surface area contributed by atoms with Crippen molar-refractivity contribution < 1.29 is 31.4 Å². The molecule has 40 heavy (non-hydrogen) atoms. The van der Waals surface area contributed by atoms with Gasteiger partial charge in [-0.05, 0) is 51.4 Å². The fourth-order valence-corrected chi connectivity index (χ4v) is 7.59. The van der Waals surface area contributed by atoms with E-state index in [4.69, 9.17) is 9.47 Å². The van der Waals surface area contributed by atoms with Gasteiger partial charge in [-0.15, -0.1) is 0 Å². The number of nitrogens with zero attached hydrogens (tertiary/aromatic N) is 3. The summed E-state index contributed by atoms with van der Waals surface area (Å²) in [5.41, 5.74) is 1.08. The summed E-state index contributed by atoms with van der Waals surface area (Å²) in [4.78, 5) is 11.6. The number of aryl methyl sites for hydroxylation is 1. The quantitative estimate of drug-likeness (QED) is 0.259. The molecule has 2 fully saturated rings. The second-order valence-corrected chi connectivity index (χ2v) is 14.0. The van der Waals surface area contributed by atoms with Crippen LogP contribution in [-0.2, 0) is 24.8 Å². The first-order chi connectivity index (χ1) is 19.0. The predicted molar refractivity (Wildman–Crippen MR) is 146 cm³/mol. The van der Waals surface area contributed by atoms with E-state index in [-0.39, 0.29) is 29.0 Å². The molecule has 15 heteroatoms. The molecular weight excluding hydrogens is 560 g/mol. The van der Waals surface area contributed by atoms with E-state index < -0.39 is 31.8 Å². The number of pyridine rings is 1. The van der Waals surface area contributed by atoms with Gasteiger partial charge in [-0.1, -0.05) is 6.07 Å². The Labute approximate surface area is 233 Å². The summed E-state index contributed by atoms with van der Waals surface area (Å²) in [6, 6.07) is 7.64. The van der Waals surface area contributed by atoms with Crippen molar-refractivity contribution in [2.24, 2.45) is 0 Å². The predicted octanol–water partition coefficient (Wildman–Crippen LogP) is 0.516. The summed E-state index contributed by atoms with van der Waals surface area (Å²) in [6.45, 7) is 3.07. The molecule has 1 spiro atoms. The molecule has 2 aliphatic rings. The number of fused-ring (bicyclic) bond motifs is 1. The number of H-pyrrole nitrogens is 1. The van der Waals surface area contributed by atoms with E-state index in [0.717, 1.165) is 0 Å². The Morgan fingerprint density at radius 2 is 2.02 bits per heavy atom. The number of hydrogen-bond acceptors (Lipinski definition) is 10. The minimum atomic E-state index is -3.72. The molecule has 218 valence electrons. The van der Waals surface area contributed by atoms with Crippen LogP contribution in [0.2, 0.25) is 0 Å². The molecule has 0 aliphatic carbocycles. The monoisotopic (exact) mass is 594 g/mol. The first-order valence-corrected chi connectivity index (χ1v) is 16.0. The minimum absolute atomic E-state index is 0.00965. The van der Waals surface area contributed by atoms with Crippen molar-refractivity contribution in [1.29, 1.82) is 0 Å². The average molecular weight is 595 g/mol. The van der Waals surface area contributed by atoms with Crippen LogP contribution < -0.4 is 14.8 Å². The van der Waals surface area contributed by atoms with Gasteiger partial charge < -0.3 is 24.9 Å². The van der Waals surface area contributed by atoms with Gasteiger partial charge in [-0.2, -0.15) is 4.31 Å². The van der Waals surface area contributed by atoms with Crippen molar-refractivity contribution in [2.45, 2.75) is 53.7 Å². The summed E-state index contributed by atoms with van der Waals surface area (Å²) in [5.74, 6) is 0.343. The highest BCUT2D eigenvalue weighted by Crippen LogP contribution is 2.37. The van der Waals surface area contributed by atoms with Gasteiger partial charge in [0.15, 0.2) is 5.65 Å². The molecule has 5 rings (SSSR count). The van der Waals surface area contributed by atoms with Crippen molar-refractivity contribution in [3.63, 3.8) is 0 Å². The summed E-state index contributed by atoms with van der Waals surface area (Å²) >= 11 is 0. The first kappa shape index (κ1) is 28.9. The second-order valence-electron chi connectivity index (χ2n) is 10.2. The molecule has 0 saturated carbocycles. The maximum atomic E-state index is 13.4. The zero-order chi connectivity index (χ0) is 28.5. The van der Waals surface area contributed by atoms with Gasteiger partial charge in [0.25, 0.3) is 0 Å². The van der Waals surface area contributed by atoms with Crippen LogP contribution >= 0.6 is 0 Å². The van der Waals surface area contributed by atoms with Gasteiger partial charge in [0.2, 0.25) is 20.0 Å². The second kappa shape index (κ2) is 11.3. The average Bonchev–Trinajstić information content (AvgIpc) is 3.57. The summed E-state index contributed by atoms with van der Waals surface area (Å²) < 4.78 is 66.2. The molecule has 1 aromatic carbocycles. The third-order valence-electron chi connectivity index (χ3n) is 7.48. The zero-order valence-electron chi connectivity index (χ0n) is 22.3. The van der Waals surface area contributed by atoms with Gasteiger partial charge >= 0.3 is 0 Å². The lowest BCUT2D eigenvalue weighted by Crippen LogP contribution is -2.47. The number of aromatic amines is 1. The summed E-state index contributed by atoms with van der Waals surface area (Å²) in [6.07, 6.45) is 2.51. The molecule has 4 heterocycles. The van der Waals surface area contributed by atoms with E-state index in [1.54, 1.807) is 25.1 Å². The van der Waals surface area contributed by atoms with Crippen LogP contribution in [0.3, 0.4) is 0 Å². The lowest BCUT2D eigenvalue weighted by atomic mass is 9.88. The Kier molecular flexibility index (Phi) is 8.16. The Hall–Kier alpha value is -2.66. The molecular formula is C25H34N6O7S2. The zero-order valence-corrected chi connectivity index (χ0v) is 24.0. The van der Waals surface area contributed by atoms with Gasteiger partial charge in [0, 0.05) is 31.7 Å². The number of hydrogen-bond donors (Lipinski definition) is 4. The molecule has 13 nitrogen and oxygen atoms in total. The molecule has 0 amide bonds. The summed E-state index contributed by atoms with van der Waals surface area (Å²) in [5, 5.41) is 13.7. The van der Waals surface area contributed by atoms with Crippen molar-refractivity contribution in [2.75, 3.05) is 39.9 Å². The highest BCUT2D eigenvalue weighted by Gasteiger charge is 2.45. The first-order valence-electron chi connectivity index (χ1n) is 13.0. The van der Waals surface area contributed by atoms with Crippen LogP contribution in [0.25, 0.3) is 11.2 Å². The number of sulfonamides is 2. The van der Waals surface area contributed by atoms with Gasteiger partial charge in [-0.25, -0.2) is 31.5 Å². The van der Waals surface area contributed by atoms with Crippen LogP contribution in [0, 0.1) is 6.92 Å². The van der Waals surface area contributed by atoms with E-state index in [9.17, 15) is 21.9 Å². The van der Waals surface area contributed by atoms with Crippen molar-refractivity contribution in [3.05, 3.63) is 42.4 Å². The maximum absolute atomic E-state index is 13.4. The highest BCUT2D eigenvalue weighted by atomic mass is 32.2. The molecule has 2 saturated heterocycles. The third kappa shape index (κ3) is 6.00. The van der Waals surface area contributed by atoms with E-state index in [1.807, 2.05) is 0 Å². The number of aliphatic hydroxyl groups is 1. The van der Waals surface area contributed by atoms with Crippen LogP contribution in [0.4, 0.5) is 0 Å². The third-order valence-corrected chi connectivity index (χ3v) is 10.9. The number of imidazole rings is 1. The smallest absolute Gasteiger partial charge is 0.244 e. The Balaban J connectivity index is 1.10. The standard InChI is InChI=1S/C25H34N6O7S2/c1-17-23(11-22-24(30-17)29-16-28-22)40(35,36)31-8-6-25(7-9-31)12-18(14-38-25)27-13-19(32)15-37-20-4-3-5-21(10-20)39(33,34)26-2/h3-5,10-11,16,18-19,26-27,32H,6-9,12-15H2,1-2H3,(H,28,29,30)/t18-,19?/m1/s1. The van der Waals surface area contributed by atoms with Crippen molar-refractivity contribution in [3.8, 4) is 5.75 Å². The topological polar surface area (TPSA) is 176 Å². The Morgan fingerprint density at radius 3 is 2.77 bits per heavy atom. The van der Waals surface area contributed by atoms with Gasteiger partial charge in [0.1, 0.15) is 28.9 Å². The van der Waals surface area contributed by atoms with Crippen LogP contribution in [0.5, 0.6) is 5.75 Å². The maximum Gasteiger partial charge on any atom is 0.244 e. The molecule has 1 unspecified atom stereocenters. The SMILES string of the molecule is CNS(=O)(=O)c1cccc(OCC(O)CN[C@H]2COC3(CCN(S(=O)(=O)c4cc5nc[nH]c5nc4C)CC3)C2)c1. The Morgan fingerprint density at radius 1 is 1.25 bits per heavy atom. The number of aromatic nitrogens is 3. The molecule has 4 N–H and O–H groups in total. The van der Waals surface area contributed by atoms with Crippen LogP contribution in [-0.4, -0.2) is 98.8 Å². The summed E-state index contributed by atoms with van der Waals surface area (Å²) in [7, 11) is -5.98. The molecule has 0 radical (unpaired) electrons. The molecule has 2 aromatic heterocycles. The van der Waals surface area contributed by atoms with Crippen LogP contribution in [0.15, 0.2) is 46.5 Å². The van der Waals surface area contributed by atoms with E-state index >= 15 is 0 Å². The van der Waals surface area contributed by atoms with Crippen LogP contribution in [0.1, 0.15) is 25.0 Å². The molecule has 0 bridgehead atoms. The number of benzene rings is 1. The molecule has 2 atom stereocenters. The Bertz CT molecular complexity index is 1570. The highest BCUT2D eigenvalue weighted by molar-refractivity contribution is 7.89. The fourth-order valence-electron chi connectivity index (χ4n) is 5.21. The number of piperidine rings is 1. The number of aliphatic hydroxyl groups excluding tert-OH is 1. The molecule has 3 aromatic rings. The van der Waals surface area contributed by atoms with Crippen molar-refractivity contribution >= 4 is 31.2 Å². The normalized spacial score (nSPS) is 20.7. The van der Waals surface area contributed by atoms with Gasteiger partial charge in [-0.3, -0.25) is 0 Å². The van der Waals surface area contributed by atoms with E-state index in [2.05, 4.69) is 25.0 Å².